The Bertz CT molecular complexity index is 510. The van der Waals surface area contributed by atoms with E-state index in [4.69, 9.17) is 4.52 Å². The first-order valence-corrected chi connectivity index (χ1v) is 7.47. The molecule has 0 amide bonds. The molecular formula is C12H15BrN2O2S. The second kappa shape index (κ2) is 5.95. The van der Waals surface area contributed by atoms with Crippen LogP contribution in [0.15, 0.2) is 20.4 Å². The zero-order valence-electron chi connectivity index (χ0n) is 10.3. The Morgan fingerprint density at radius 2 is 2.28 bits per heavy atom. The molecule has 0 aromatic carbocycles. The fraction of sp³-hybridized carbons (Fsp3) is 0.500. The topological polar surface area (TPSA) is 59.2 Å². The second-order valence-corrected chi connectivity index (χ2v) is 6.46. The van der Waals surface area contributed by atoms with Gasteiger partial charge in [-0.05, 0) is 34.3 Å². The van der Waals surface area contributed by atoms with E-state index in [1.165, 1.54) is 0 Å². The van der Waals surface area contributed by atoms with E-state index in [9.17, 15) is 5.11 Å². The summed E-state index contributed by atoms with van der Waals surface area (Å²) in [4.78, 5) is 5.25. The fourth-order valence-corrected chi connectivity index (χ4v) is 3.05. The number of aliphatic hydroxyl groups is 1. The summed E-state index contributed by atoms with van der Waals surface area (Å²) in [6.45, 7) is 4.15. The molecule has 1 atom stereocenters. The third-order valence-corrected chi connectivity index (χ3v) is 4.10. The monoisotopic (exact) mass is 330 g/mol. The molecule has 0 bridgehead atoms. The number of aromatic nitrogens is 2. The maximum atomic E-state index is 9.82. The molecule has 0 saturated carbocycles. The normalized spacial score (nSPS) is 13.2. The number of thiophene rings is 1. The number of hydrogen-bond acceptors (Lipinski definition) is 5. The molecule has 6 heteroatoms. The molecule has 0 saturated heterocycles. The van der Waals surface area contributed by atoms with Gasteiger partial charge in [0.1, 0.15) is 0 Å². The van der Waals surface area contributed by atoms with Crippen molar-refractivity contribution in [2.45, 2.75) is 32.8 Å². The van der Waals surface area contributed by atoms with Crippen molar-refractivity contribution in [3.05, 3.63) is 21.8 Å². The van der Waals surface area contributed by atoms with Crippen LogP contribution in [0.2, 0.25) is 0 Å². The van der Waals surface area contributed by atoms with Crippen LogP contribution in [-0.4, -0.2) is 21.4 Å². The maximum Gasteiger partial charge on any atom is 0.229 e. The van der Waals surface area contributed by atoms with Gasteiger partial charge in [0, 0.05) is 9.85 Å². The molecule has 0 radical (unpaired) electrons. The molecule has 0 aliphatic carbocycles. The largest absolute Gasteiger partial charge is 0.393 e. The van der Waals surface area contributed by atoms with Gasteiger partial charge in [-0.3, -0.25) is 0 Å². The van der Waals surface area contributed by atoms with E-state index in [-0.39, 0.29) is 0 Å². The predicted octanol–water partition coefficient (Wildman–Crippen LogP) is 3.51. The summed E-state index contributed by atoms with van der Waals surface area (Å²) < 4.78 is 6.16. The van der Waals surface area contributed by atoms with Crippen molar-refractivity contribution < 1.29 is 9.63 Å². The molecular weight excluding hydrogens is 316 g/mol. The Morgan fingerprint density at radius 3 is 2.89 bits per heavy atom. The molecule has 1 unspecified atom stereocenters. The van der Waals surface area contributed by atoms with E-state index in [0.29, 0.717) is 24.1 Å². The number of halogens is 1. The summed E-state index contributed by atoms with van der Waals surface area (Å²) >= 11 is 4.94. The van der Waals surface area contributed by atoms with E-state index in [2.05, 4.69) is 39.9 Å². The van der Waals surface area contributed by atoms with Crippen molar-refractivity contribution in [3.8, 4) is 10.7 Å². The summed E-state index contributed by atoms with van der Waals surface area (Å²) in [5.74, 6) is 1.52. The highest BCUT2D eigenvalue weighted by Crippen LogP contribution is 2.27. The highest BCUT2D eigenvalue weighted by molar-refractivity contribution is 9.10. The van der Waals surface area contributed by atoms with Crippen LogP contribution < -0.4 is 0 Å². The SMILES string of the molecule is CC(C)CC(O)Cc1nc(-c2cc(Br)cs2)no1. The predicted molar refractivity (Wildman–Crippen MR) is 74.5 cm³/mol. The average molecular weight is 331 g/mol. The van der Waals surface area contributed by atoms with Crippen molar-refractivity contribution >= 4 is 27.3 Å². The van der Waals surface area contributed by atoms with Crippen LogP contribution in [0, 0.1) is 5.92 Å². The van der Waals surface area contributed by atoms with Crippen LogP contribution in [0.25, 0.3) is 10.7 Å². The minimum Gasteiger partial charge on any atom is -0.393 e. The third-order valence-electron chi connectivity index (χ3n) is 2.41. The van der Waals surface area contributed by atoms with Crippen LogP contribution in [0.3, 0.4) is 0 Å². The highest BCUT2D eigenvalue weighted by Gasteiger charge is 2.15. The number of hydrogen-bond donors (Lipinski definition) is 1. The Labute approximate surface area is 118 Å². The molecule has 0 fully saturated rings. The molecule has 0 aliphatic rings. The summed E-state index contributed by atoms with van der Waals surface area (Å²) in [5, 5.41) is 15.7. The fourth-order valence-electron chi connectivity index (χ4n) is 1.70. The summed E-state index contributed by atoms with van der Waals surface area (Å²) in [7, 11) is 0. The molecule has 18 heavy (non-hydrogen) atoms. The average Bonchev–Trinajstić information content (AvgIpc) is 2.85. The minimum absolute atomic E-state index is 0.414. The summed E-state index contributed by atoms with van der Waals surface area (Å²) in [6, 6.07) is 1.95. The zero-order valence-corrected chi connectivity index (χ0v) is 12.7. The van der Waals surface area contributed by atoms with Crippen molar-refractivity contribution in [2.75, 3.05) is 0 Å². The molecule has 2 heterocycles. The Morgan fingerprint density at radius 1 is 1.50 bits per heavy atom. The van der Waals surface area contributed by atoms with Crippen molar-refractivity contribution in [1.29, 1.82) is 0 Å². The Kier molecular flexibility index (Phi) is 4.53. The second-order valence-electron chi connectivity index (χ2n) is 4.63. The van der Waals surface area contributed by atoms with Crippen LogP contribution in [-0.2, 0) is 6.42 Å². The minimum atomic E-state index is -0.423. The van der Waals surface area contributed by atoms with E-state index in [1.54, 1.807) is 11.3 Å². The molecule has 2 aromatic heterocycles. The smallest absolute Gasteiger partial charge is 0.229 e. The van der Waals surface area contributed by atoms with Crippen molar-refractivity contribution in [2.24, 2.45) is 5.92 Å². The molecule has 0 aliphatic heterocycles. The van der Waals surface area contributed by atoms with Gasteiger partial charge in [-0.15, -0.1) is 11.3 Å². The van der Waals surface area contributed by atoms with Crippen LogP contribution >= 0.6 is 27.3 Å². The van der Waals surface area contributed by atoms with Crippen molar-refractivity contribution in [3.63, 3.8) is 0 Å². The number of nitrogens with zero attached hydrogens (tertiary/aromatic N) is 2. The molecule has 4 nitrogen and oxygen atoms in total. The molecule has 98 valence electrons. The van der Waals surface area contributed by atoms with Gasteiger partial charge in [-0.2, -0.15) is 4.98 Å². The Balaban J connectivity index is 2.02. The quantitative estimate of drug-likeness (QED) is 0.911. The first kappa shape index (κ1) is 13.7. The maximum absolute atomic E-state index is 9.82. The van der Waals surface area contributed by atoms with Gasteiger partial charge in [0.15, 0.2) is 0 Å². The lowest BCUT2D eigenvalue weighted by molar-refractivity contribution is 0.138. The van der Waals surface area contributed by atoms with E-state index < -0.39 is 6.10 Å². The van der Waals surface area contributed by atoms with Gasteiger partial charge >= 0.3 is 0 Å². The van der Waals surface area contributed by atoms with Crippen LogP contribution in [0.1, 0.15) is 26.2 Å². The molecule has 1 N–H and O–H groups in total. The zero-order chi connectivity index (χ0) is 13.1. The van der Waals surface area contributed by atoms with Gasteiger partial charge in [0.2, 0.25) is 11.7 Å². The first-order chi connectivity index (χ1) is 8.54. The number of aliphatic hydroxyl groups excluding tert-OH is 1. The third kappa shape index (κ3) is 3.63. The molecule has 2 rings (SSSR count). The Hall–Kier alpha value is -0.720. The number of rotatable bonds is 5. The van der Waals surface area contributed by atoms with Gasteiger partial charge < -0.3 is 9.63 Å². The molecule has 0 spiro atoms. The highest BCUT2D eigenvalue weighted by atomic mass is 79.9. The van der Waals surface area contributed by atoms with Crippen LogP contribution in [0.4, 0.5) is 0 Å². The van der Waals surface area contributed by atoms with Gasteiger partial charge in [-0.25, -0.2) is 0 Å². The summed E-state index contributed by atoms with van der Waals surface area (Å²) in [5.41, 5.74) is 0. The van der Waals surface area contributed by atoms with Gasteiger partial charge in [-0.1, -0.05) is 19.0 Å². The lowest BCUT2D eigenvalue weighted by Crippen LogP contribution is -2.13. The summed E-state index contributed by atoms with van der Waals surface area (Å²) in [6.07, 6.45) is 0.730. The van der Waals surface area contributed by atoms with Crippen molar-refractivity contribution in [1.82, 2.24) is 10.1 Å². The first-order valence-electron chi connectivity index (χ1n) is 5.79. The van der Waals surface area contributed by atoms with E-state index in [0.717, 1.165) is 15.8 Å². The van der Waals surface area contributed by atoms with Crippen LogP contribution in [0.5, 0.6) is 0 Å². The standard InChI is InChI=1S/C12H15BrN2O2S/c1-7(2)3-9(16)5-11-14-12(15-17-11)10-4-8(13)6-18-10/h4,6-7,9,16H,3,5H2,1-2H3. The van der Waals surface area contributed by atoms with E-state index in [1.807, 2.05) is 11.4 Å². The molecule has 2 aromatic rings. The van der Waals surface area contributed by atoms with E-state index >= 15 is 0 Å². The lowest BCUT2D eigenvalue weighted by atomic mass is 10.0. The van der Waals surface area contributed by atoms with Gasteiger partial charge in [0.05, 0.1) is 17.4 Å². The lowest BCUT2D eigenvalue weighted by Gasteiger charge is -2.09. The van der Waals surface area contributed by atoms with Gasteiger partial charge in [0.25, 0.3) is 0 Å².